The van der Waals surface area contributed by atoms with E-state index in [1.807, 2.05) is 30.0 Å². The van der Waals surface area contributed by atoms with Crippen LogP contribution in [0.3, 0.4) is 0 Å². The van der Waals surface area contributed by atoms with Gasteiger partial charge in [-0.3, -0.25) is 4.98 Å². The van der Waals surface area contributed by atoms with Gasteiger partial charge in [0.1, 0.15) is 11.3 Å². The van der Waals surface area contributed by atoms with Gasteiger partial charge in [-0.05, 0) is 30.2 Å². The van der Waals surface area contributed by atoms with E-state index in [-0.39, 0.29) is 5.63 Å². The largest absolute Gasteiger partial charge is 0.471 e. The molecule has 0 bridgehead atoms. The van der Waals surface area contributed by atoms with Gasteiger partial charge in [0.05, 0.1) is 29.0 Å². The number of pyridine rings is 1. The Morgan fingerprint density at radius 2 is 2.25 bits per heavy atom. The number of halogens is 1. The molecule has 0 radical (unpaired) electrons. The fraction of sp³-hybridized carbons (Fsp3) is 0.222. The summed E-state index contributed by atoms with van der Waals surface area (Å²) in [7, 11) is 0. The summed E-state index contributed by atoms with van der Waals surface area (Å²) in [5, 5.41) is 1.39. The van der Waals surface area contributed by atoms with Crippen LogP contribution in [0.5, 0.6) is 5.75 Å². The summed E-state index contributed by atoms with van der Waals surface area (Å²) in [6, 6.07) is 7.17. The van der Waals surface area contributed by atoms with Crippen molar-refractivity contribution < 1.29 is 9.15 Å². The van der Waals surface area contributed by atoms with Crippen molar-refractivity contribution in [3.05, 3.63) is 63.2 Å². The molecule has 0 N–H and O–H groups in total. The first-order valence-electron chi connectivity index (χ1n) is 7.73. The van der Waals surface area contributed by atoms with Gasteiger partial charge in [-0.25, -0.2) is 4.79 Å². The number of ether oxygens (including phenoxy) is 1. The Balaban J connectivity index is 1.91. The summed E-state index contributed by atoms with van der Waals surface area (Å²) in [6.07, 6.45) is 4.22. The molecule has 5 nitrogen and oxygen atoms in total. The van der Waals surface area contributed by atoms with Gasteiger partial charge in [-0.1, -0.05) is 18.5 Å². The normalized spacial score (nSPS) is 13.7. The first-order valence-corrected chi connectivity index (χ1v) is 8.11. The number of hydrogen-bond donors (Lipinski definition) is 0. The molecule has 0 unspecified atom stereocenters. The molecule has 122 valence electrons. The zero-order valence-corrected chi connectivity index (χ0v) is 13.8. The Kier molecular flexibility index (Phi) is 3.65. The Labute approximate surface area is 143 Å². The van der Waals surface area contributed by atoms with Crippen LogP contribution in [0.1, 0.15) is 18.1 Å². The van der Waals surface area contributed by atoms with Gasteiger partial charge in [0, 0.05) is 17.6 Å². The smallest absolute Gasteiger partial charge is 0.336 e. The third-order valence-electron chi connectivity index (χ3n) is 4.23. The molecule has 0 atom stereocenters. The van der Waals surface area contributed by atoms with E-state index in [4.69, 9.17) is 20.8 Å². The van der Waals surface area contributed by atoms with Crippen LogP contribution in [-0.4, -0.2) is 11.7 Å². The van der Waals surface area contributed by atoms with Crippen molar-refractivity contribution in [2.45, 2.75) is 19.9 Å². The number of benzene rings is 1. The molecule has 24 heavy (non-hydrogen) atoms. The minimum atomic E-state index is -0.359. The average Bonchev–Trinajstić information content (AvgIpc) is 2.62. The van der Waals surface area contributed by atoms with Crippen LogP contribution in [0.2, 0.25) is 5.02 Å². The third-order valence-corrected chi connectivity index (χ3v) is 4.51. The molecule has 0 saturated carbocycles. The zero-order chi connectivity index (χ0) is 16.7. The molecule has 0 spiro atoms. The van der Waals surface area contributed by atoms with E-state index in [1.54, 1.807) is 12.4 Å². The number of rotatable bonds is 2. The number of aryl methyl sites for hydroxylation is 1. The van der Waals surface area contributed by atoms with Gasteiger partial charge < -0.3 is 14.1 Å². The summed E-state index contributed by atoms with van der Waals surface area (Å²) < 4.78 is 11.4. The van der Waals surface area contributed by atoms with Gasteiger partial charge in [-0.15, -0.1) is 0 Å². The maximum absolute atomic E-state index is 11.9. The number of hydrogen-bond acceptors (Lipinski definition) is 5. The van der Waals surface area contributed by atoms with Crippen molar-refractivity contribution >= 4 is 28.3 Å². The first kappa shape index (κ1) is 15.0. The van der Waals surface area contributed by atoms with E-state index in [0.717, 1.165) is 28.6 Å². The van der Waals surface area contributed by atoms with Crippen LogP contribution < -0.4 is 15.3 Å². The SMILES string of the molecule is CCc1cc(=O)oc2c3c(c(Cl)cc12)OCN(c1cccnc1)C3. The third kappa shape index (κ3) is 2.41. The van der Waals surface area contributed by atoms with E-state index < -0.39 is 0 Å². The van der Waals surface area contributed by atoms with Crippen LogP contribution in [0.4, 0.5) is 5.69 Å². The van der Waals surface area contributed by atoms with Gasteiger partial charge in [0.25, 0.3) is 0 Å². The van der Waals surface area contributed by atoms with Crippen molar-refractivity contribution in [1.82, 2.24) is 4.98 Å². The van der Waals surface area contributed by atoms with E-state index in [2.05, 4.69) is 4.98 Å². The van der Waals surface area contributed by atoms with E-state index in [1.165, 1.54) is 6.07 Å². The van der Waals surface area contributed by atoms with Crippen molar-refractivity contribution in [2.24, 2.45) is 0 Å². The standard InChI is InChI=1S/C18H15ClN2O3/c1-2-11-6-16(22)24-17-13(11)7-15(19)18-14(17)9-21(10-23-18)12-4-3-5-20-8-12/h3-8H,2,9-10H2,1H3. The van der Waals surface area contributed by atoms with Crippen LogP contribution in [-0.2, 0) is 13.0 Å². The molecular formula is C18H15ClN2O3. The first-order chi connectivity index (χ1) is 11.7. The minimum Gasteiger partial charge on any atom is -0.471 e. The van der Waals surface area contributed by atoms with Crippen molar-refractivity contribution in [3.8, 4) is 5.75 Å². The molecule has 6 heteroatoms. The topological polar surface area (TPSA) is 55.6 Å². The Morgan fingerprint density at radius 1 is 1.38 bits per heavy atom. The molecule has 0 saturated heterocycles. The summed E-state index contributed by atoms with van der Waals surface area (Å²) in [6.45, 7) is 2.90. The fourth-order valence-electron chi connectivity index (χ4n) is 3.05. The molecule has 0 amide bonds. The summed E-state index contributed by atoms with van der Waals surface area (Å²) in [5.41, 5.74) is 2.84. The minimum absolute atomic E-state index is 0.359. The van der Waals surface area contributed by atoms with Crippen LogP contribution in [0.15, 0.2) is 45.9 Å². The molecule has 0 fully saturated rings. The highest BCUT2D eigenvalue weighted by molar-refractivity contribution is 6.33. The zero-order valence-electron chi connectivity index (χ0n) is 13.1. The van der Waals surface area contributed by atoms with Crippen molar-refractivity contribution in [2.75, 3.05) is 11.6 Å². The molecule has 1 aromatic carbocycles. The molecule has 2 aromatic heterocycles. The van der Waals surface area contributed by atoms with Gasteiger partial charge >= 0.3 is 5.63 Å². The lowest BCUT2D eigenvalue weighted by Gasteiger charge is -2.31. The second-order valence-corrected chi connectivity index (χ2v) is 6.08. The van der Waals surface area contributed by atoms with Crippen LogP contribution in [0, 0.1) is 0 Å². The van der Waals surface area contributed by atoms with Gasteiger partial charge in [-0.2, -0.15) is 0 Å². The van der Waals surface area contributed by atoms with E-state index in [0.29, 0.717) is 29.6 Å². The second-order valence-electron chi connectivity index (χ2n) is 5.67. The monoisotopic (exact) mass is 342 g/mol. The molecule has 1 aliphatic heterocycles. The highest BCUT2D eigenvalue weighted by Crippen LogP contribution is 2.40. The molecule has 0 aliphatic carbocycles. The number of nitrogens with zero attached hydrogens (tertiary/aromatic N) is 2. The Hall–Kier alpha value is -2.53. The van der Waals surface area contributed by atoms with Gasteiger partial charge in [0.2, 0.25) is 0 Å². The fourth-order valence-corrected chi connectivity index (χ4v) is 3.33. The maximum Gasteiger partial charge on any atom is 0.336 e. The van der Waals surface area contributed by atoms with E-state index >= 15 is 0 Å². The van der Waals surface area contributed by atoms with Crippen molar-refractivity contribution in [1.29, 1.82) is 0 Å². The van der Waals surface area contributed by atoms with Gasteiger partial charge in [0.15, 0.2) is 6.73 Å². The lowest BCUT2D eigenvalue weighted by atomic mass is 10.0. The summed E-state index contributed by atoms with van der Waals surface area (Å²) in [4.78, 5) is 18.1. The number of anilines is 1. The highest BCUT2D eigenvalue weighted by Gasteiger charge is 2.25. The summed E-state index contributed by atoms with van der Waals surface area (Å²) >= 11 is 6.41. The molecular weight excluding hydrogens is 328 g/mol. The van der Waals surface area contributed by atoms with E-state index in [9.17, 15) is 4.79 Å². The number of fused-ring (bicyclic) bond motifs is 3. The molecule has 1 aliphatic rings. The van der Waals surface area contributed by atoms with Crippen LogP contribution in [0.25, 0.3) is 11.0 Å². The molecule has 4 rings (SSSR count). The van der Waals surface area contributed by atoms with Crippen LogP contribution >= 0.6 is 11.6 Å². The lowest BCUT2D eigenvalue weighted by molar-refractivity contribution is 0.289. The molecule has 3 heterocycles. The average molecular weight is 343 g/mol. The summed E-state index contributed by atoms with van der Waals surface area (Å²) in [5.74, 6) is 0.584. The maximum atomic E-state index is 11.9. The predicted octanol–water partition coefficient (Wildman–Crippen LogP) is 3.76. The predicted molar refractivity (Wildman–Crippen MR) is 92.8 cm³/mol. The lowest BCUT2D eigenvalue weighted by Crippen LogP contribution is -2.32. The second kappa shape index (κ2) is 5.83. The quantitative estimate of drug-likeness (QED) is 0.664. The molecule has 3 aromatic rings. The Morgan fingerprint density at radius 3 is 3.00 bits per heavy atom. The van der Waals surface area contributed by atoms with Crippen molar-refractivity contribution in [3.63, 3.8) is 0 Å². The Bertz CT molecular complexity index is 969. The highest BCUT2D eigenvalue weighted by atomic mass is 35.5. The number of aromatic nitrogens is 1.